The van der Waals surface area contributed by atoms with E-state index in [2.05, 4.69) is 5.32 Å². The third kappa shape index (κ3) is 6.81. The molecular formula is C30H29FN2O6. The quantitative estimate of drug-likeness (QED) is 0.268. The van der Waals surface area contributed by atoms with Crippen molar-refractivity contribution in [1.29, 1.82) is 0 Å². The molecular weight excluding hydrogens is 503 g/mol. The number of imide groups is 2. The first-order valence-electron chi connectivity index (χ1n) is 12.6. The number of carbonyl (C=O) groups excluding carboxylic acids is 3. The van der Waals surface area contributed by atoms with E-state index in [-0.39, 0.29) is 24.5 Å². The molecule has 0 unspecified atom stereocenters. The number of rotatable bonds is 11. The number of halogens is 1. The van der Waals surface area contributed by atoms with Crippen LogP contribution in [0.1, 0.15) is 37.0 Å². The lowest BCUT2D eigenvalue weighted by Gasteiger charge is -2.26. The zero-order valence-corrected chi connectivity index (χ0v) is 21.7. The van der Waals surface area contributed by atoms with Crippen molar-refractivity contribution in [3.63, 3.8) is 0 Å². The predicted molar refractivity (Wildman–Crippen MR) is 143 cm³/mol. The third-order valence-corrected chi connectivity index (χ3v) is 5.82. The fourth-order valence-electron chi connectivity index (χ4n) is 3.91. The van der Waals surface area contributed by atoms with Gasteiger partial charge in [0.05, 0.1) is 19.8 Å². The number of ether oxygens (including phenoxy) is 3. The molecule has 0 bridgehead atoms. The number of hydrogen-bond donors (Lipinski definition) is 1. The summed E-state index contributed by atoms with van der Waals surface area (Å²) in [5.41, 5.74) is 1.33. The first kappa shape index (κ1) is 27.4. The van der Waals surface area contributed by atoms with Crippen LogP contribution in [0.2, 0.25) is 0 Å². The van der Waals surface area contributed by atoms with Gasteiger partial charge in [0, 0.05) is 5.56 Å². The molecule has 39 heavy (non-hydrogen) atoms. The fraction of sp³-hybridized carbons (Fsp3) is 0.233. The average Bonchev–Trinajstić information content (AvgIpc) is 2.93. The summed E-state index contributed by atoms with van der Waals surface area (Å²) in [4.78, 5) is 39.4. The highest BCUT2D eigenvalue weighted by molar-refractivity contribution is 6.30. The van der Waals surface area contributed by atoms with Crippen LogP contribution in [-0.2, 0) is 22.7 Å². The summed E-state index contributed by atoms with van der Waals surface area (Å²) in [5, 5.41) is 2.23. The van der Waals surface area contributed by atoms with Crippen molar-refractivity contribution in [2.24, 2.45) is 0 Å². The molecule has 1 saturated heterocycles. The lowest BCUT2D eigenvalue weighted by Crippen LogP contribution is -2.53. The molecule has 1 fully saturated rings. The second kappa shape index (κ2) is 12.7. The number of amides is 4. The molecule has 4 amide bonds. The number of hydrogen-bond acceptors (Lipinski definition) is 6. The van der Waals surface area contributed by atoms with Crippen molar-refractivity contribution in [2.75, 3.05) is 13.2 Å². The molecule has 3 aromatic carbocycles. The Bertz CT molecular complexity index is 1400. The minimum absolute atomic E-state index is 0.0143. The smallest absolute Gasteiger partial charge is 0.331 e. The Balaban J connectivity index is 1.52. The lowest BCUT2D eigenvalue weighted by atomic mass is 10.1. The normalized spacial score (nSPS) is 14.4. The Kier molecular flexibility index (Phi) is 8.94. The summed E-state index contributed by atoms with van der Waals surface area (Å²) in [5.74, 6) is -0.389. The fourth-order valence-corrected chi connectivity index (χ4v) is 3.91. The highest BCUT2D eigenvalue weighted by Crippen LogP contribution is 2.30. The molecule has 202 valence electrons. The van der Waals surface area contributed by atoms with Crippen molar-refractivity contribution in [3.05, 3.63) is 94.8 Å². The van der Waals surface area contributed by atoms with E-state index in [0.717, 1.165) is 11.3 Å². The maximum absolute atomic E-state index is 13.9. The first-order valence-corrected chi connectivity index (χ1v) is 12.6. The van der Waals surface area contributed by atoms with Gasteiger partial charge in [-0.15, -0.1) is 0 Å². The van der Waals surface area contributed by atoms with E-state index >= 15 is 0 Å². The van der Waals surface area contributed by atoms with Crippen molar-refractivity contribution < 1.29 is 33.0 Å². The zero-order valence-electron chi connectivity index (χ0n) is 21.7. The Morgan fingerprint density at radius 2 is 1.72 bits per heavy atom. The second-order valence-corrected chi connectivity index (χ2v) is 8.72. The van der Waals surface area contributed by atoms with Gasteiger partial charge in [0.2, 0.25) is 0 Å². The molecule has 1 aliphatic rings. The van der Waals surface area contributed by atoms with Gasteiger partial charge in [-0.2, -0.15) is 0 Å². The average molecular weight is 533 g/mol. The lowest BCUT2D eigenvalue weighted by molar-refractivity contribution is -0.130. The monoisotopic (exact) mass is 532 g/mol. The predicted octanol–water partition coefficient (Wildman–Crippen LogP) is 5.25. The van der Waals surface area contributed by atoms with E-state index in [1.165, 1.54) is 12.1 Å². The molecule has 3 aromatic rings. The van der Waals surface area contributed by atoms with Gasteiger partial charge in [0.25, 0.3) is 11.8 Å². The van der Waals surface area contributed by atoms with E-state index in [1.54, 1.807) is 60.7 Å². The van der Waals surface area contributed by atoms with E-state index in [1.807, 2.05) is 13.8 Å². The highest BCUT2D eigenvalue weighted by atomic mass is 19.1. The van der Waals surface area contributed by atoms with E-state index in [9.17, 15) is 18.8 Å². The first-order chi connectivity index (χ1) is 18.9. The van der Waals surface area contributed by atoms with Gasteiger partial charge in [-0.05, 0) is 60.9 Å². The summed E-state index contributed by atoms with van der Waals surface area (Å²) < 4.78 is 31.0. The van der Waals surface area contributed by atoms with Gasteiger partial charge in [-0.25, -0.2) is 9.18 Å². The van der Waals surface area contributed by atoms with Crippen molar-refractivity contribution in [3.8, 4) is 17.2 Å². The maximum atomic E-state index is 13.9. The van der Waals surface area contributed by atoms with E-state index in [4.69, 9.17) is 14.2 Å². The largest absolute Gasteiger partial charge is 0.490 e. The third-order valence-electron chi connectivity index (χ3n) is 5.82. The van der Waals surface area contributed by atoms with Gasteiger partial charge in [-0.1, -0.05) is 43.3 Å². The molecule has 0 saturated carbocycles. The van der Waals surface area contributed by atoms with Gasteiger partial charge in [0.1, 0.15) is 23.7 Å². The summed E-state index contributed by atoms with van der Waals surface area (Å²) in [6.45, 7) is 4.73. The van der Waals surface area contributed by atoms with Gasteiger partial charge < -0.3 is 14.2 Å². The van der Waals surface area contributed by atoms with Crippen LogP contribution in [0.3, 0.4) is 0 Å². The SMILES string of the molecule is CCCOc1ccc(CN2C(=O)NC(=O)/C(=C/c3cccc(OCc4ccccc4F)c3)C2=O)cc1OCC. The molecule has 1 aliphatic heterocycles. The summed E-state index contributed by atoms with van der Waals surface area (Å²) in [6, 6.07) is 17.4. The molecule has 4 rings (SSSR count). The van der Waals surface area contributed by atoms with Crippen LogP contribution in [0.15, 0.2) is 72.3 Å². The van der Waals surface area contributed by atoms with Gasteiger partial charge in [0.15, 0.2) is 11.5 Å². The number of nitrogens with one attached hydrogen (secondary N) is 1. The molecule has 0 spiro atoms. The van der Waals surface area contributed by atoms with E-state index < -0.39 is 17.8 Å². The molecule has 1 N–H and O–H groups in total. The molecule has 0 atom stereocenters. The summed E-state index contributed by atoms with van der Waals surface area (Å²) >= 11 is 0. The molecule has 0 aliphatic carbocycles. The van der Waals surface area contributed by atoms with Gasteiger partial charge in [-0.3, -0.25) is 19.8 Å². The van der Waals surface area contributed by atoms with Crippen LogP contribution < -0.4 is 19.5 Å². The minimum Gasteiger partial charge on any atom is -0.490 e. The molecule has 9 heteroatoms. The molecule has 0 radical (unpaired) electrons. The minimum atomic E-state index is -0.812. The number of benzene rings is 3. The van der Waals surface area contributed by atoms with Crippen LogP contribution in [-0.4, -0.2) is 36.0 Å². The Morgan fingerprint density at radius 1 is 0.897 bits per heavy atom. The van der Waals surface area contributed by atoms with Crippen molar-refractivity contribution >= 4 is 23.9 Å². The van der Waals surface area contributed by atoms with Gasteiger partial charge >= 0.3 is 6.03 Å². The number of carbonyl (C=O) groups is 3. The topological polar surface area (TPSA) is 94.2 Å². The Hall–Kier alpha value is -4.66. The van der Waals surface area contributed by atoms with Crippen LogP contribution in [0.5, 0.6) is 17.2 Å². The number of nitrogens with zero attached hydrogens (tertiary/aromatic N) is 1. The summed E-state index contributed by atoms with van der Waals surface area (Å²) in [7, 11) is 0. The molecule has 0 aromatic heterocycles. The standard InChI is InChI=1S/C30H29FN2O6/c1-3-14-38-26-13-12-21(17-27(26)37-4-2)18-33-29(35)24(28(34)32-30(33)36)16-20-8-7-10-23(15-20)39-19-22-9-5-6-11-25(22)31/h5-13,15-17H,3-4,14,18-19H2,1-2H3,(H,32,34,36)/b24-16-. The number of urea groups is 1. The van der Waals surface area contributed by atoms with Crippen molar-refractivity contribution in [1.82, 2.24) is 10.2 Å². The molecule has 1 heterocycles. The van der Waals surface area contributed by atoms with Crippen LogP contribution in [0.4, 0.5) is 9.18 Å². The Morgan fingerprint density at radius 3 is 2.49 bits per heavy atom. The van der Waals surface area contributed by atoms with Crippen LogP contribution >= 0.6 is 0 Å². The number of barbiturate groups is 1. The van der Waals surface area contributed by atoms with Crippen molar-refractivity contribution in [2.45, 2.75) is 33.4 Å². The van der Waals surface area contributed by atoms with E-state index in [0.29, 0.717) is 47.2 Å². The zero-order chi connectivity index (χ0) is 27.8. The van der Waals surface area contributed by atoms with Crippen LogP contribution in [0, 0.1) is 5.82 Å². The van der Waals surface area contributed by atoms with Crippen LogP contribution in [0.25, 0.3) is 6.08 Å². The Labute approximate surface area is 226 Å². The maximum Gasteiger partial charge on any atom is 0.331 e. The second-order valence-electron chi connectivity index (χ2n) is 8.72. The molecule has 8 nitrogen and oxygen atoms in total. The highest BCUT2D eigenvalue weighted by Gasteiger charge is 2.35. The summed E-state index contributed by atoms with van der Waals surface area (Å²) in [6.07, 6.45) is 2.22.